The fourth-order valence-electron chi connectivity index (χ4n) is 3.56. The molecule has 0 fully saturated rings. The molecule has 0 aliphatic carbocycles. The molecule has 168 valence electrons. The zero-order valence-electron chi connectivity index (χ0n) is 18.8. The number of aryl methyl sites for hydroxylation is 3. The lowest BCUT2D eigenvalue weighted by Gasteiger charge is -2.11. The van der Waals surface area contributed by atoms with E-state index < -0.39 is 17.2 Å². The van der Waals surface area contributed by atoms with Crippen LogP contribution < -0.4 is 16.6 Å². The Labute approximate surface area is 190 Å². The summed E-state index contributed by atoms with van der Waals surface area (Å²) in [6.45, 7) is 3.99. The normalized spacial score (nSPS) is 11.0. The molecule has 0 spiro atoms. The van der Waals surface area contributed by atoms with Gasteiger partial charge in [0.1, 0.15) is 11.9 Å². The van der Waals surface area contributed by atoms with E-state index in [2.05, 4.69) is 22.2 Å². The first-order chi connectivity index (χ1) is 15.9. The molecule has 4 rings (SSSR count). The van der Waals surface area contributed by atoms with Crippen molar-refractivity contribution in [1.82, 2.24) is 24.4 Å². The second-order valence-electron chi connectivity index (χ2n) is 7.98. The van der Waals surface area contributed by atoms with Crippen LogP contribution in [0.25, 0.3) is 22.4 Å². The fraction of sp³-hybridized carbons (Fsp3) is 0.240. The number of hydrogen-bond acceptors (Lipinski definition) is 5. The van der Waals surface area contributed by atoms with E-state index in [-0.39, 0.29) is 17.6 Å². The van der Waals surface area contributed by atoms with Crippen molar-refractivity contribution in [3.8, 4) is 11.4 Å². The minimum absolute atomic E-state index is 0.177. The Balaban J connectivity index is 1.59. The SMILES string of the molecule is CCc1ccc(CNC(=O)Cn2c(=O)c3cnc(-c4ccc(C)cc4)nc3n(C)c2=O)cc1. The summed E-state index contributed by atoms with van der Waals surface area (Å²) in [7, 11) is 1.53. The minimum atomic E-state index is -0.608. The van der Waals surface area contributed by atoms with E-state index in [0.29, 0.717) is 12.4 Å². The molecule has 0 aliphatic heterocycles. The number of nitrogens with one attached hydrogen (secondary N) is 1. The summed E-state index contributed by atoms with van der Waals surface area (Å²) in [5, 5.41) is 2.94. The third-order valence-electron chi connectivity index (χ3n) is 5.61. The first kappa shape index (κ1) is 22.1. The molecule has 2 aromatic heterocycles. The van der Waals surface area contributed by atoms with E-state index in [1.165, 1.54) is 23.4 Å². The van der Waals surface area contributed by atoms with Crippen molar-refractivity contribution in [3.63, 3.8) is 0 Å². The summed E-state index contributed by atoms with van der Waals surface area (Å²) in [6.07, 6.45) is 2.35. The highest BCUT2D eigenvalue weighted by atomic mass is 16.2. The van der Waals surface area contributed by atoms with Gasteiger partial charge in [-0.2, -0.15) is 0 Å². The van der Waals surface area contributed by atoms with E-state index in [4.69, 9.17) is 0 Å². The lowest BCUT2D eigenvalue weighted by Crippen LogP contribution is -2.43. The van der Waals surface area contributed by atoms with Gasteiger partial charge in [-0.1, -0.05) is 61.0 Å². The van der Waals surface area contributed by atoms with E-state index in [1.54, 1.807) is 0 Å². The molecule has 8 nitrogen and oxygen atoms in total. The van der Waals surface area contributed by atoms with Gasteiger partial charge in [0.25, 0.3) is 5.56 Å². The molecule has 0 atom stereocenters. The predicted molar refractivity (Wildman–Crippen MR) is 127 cm³/mol. The van der Waals surface area contributed by atoms with Crippen LogP contribution in [-0.4, -0.2) is 25.0 Å². The lowest BCUT2D eigenvalue weighted by atomic mass is 10.1. The second-order valence-corrected chi connectivity index (χ2v) is 7.98. The number of aromatic nitrogens is 4. The topological polar surface area (TPSA) is 98.9 Å². The van der Waals surface area contributed by atoms with Crippen LogP contribution in [0, 0.1) is 6.92 Å². The van der Waals surface area contributed by atoms with Crippen LogP contribution in [0.4, 0.5) is 0 Å². The van der Waals surface area contributed by atoms with Crippen LogP contribution in [-0.2, 0) is 31.4 Å². The number of carbonyl (C=O) groups is 1. The van der Waals surface area contributed by atoms with Crippen molar-refractivity contribution in [2.45, 2.75) is 33.4 Å². The highest BCUT2D eigenvalue weighted by Crippen LogP contribution is 2.17. The molecule has 4 aromatic rings. The fourth-order valence-corrected chi connectivity index (χ4v) is 3.56. The summed E-state index contributed by atoms with van der Waals surface area (Å²) >= 11 is 0. The Kier molecular flexibility index (Phi) is 6.17. The summed E-state index contributed by atoms with van der Waals surface area (Å²) in [6, 6.07) is 15.6. The molecular formula is C25H25N5O3. The zero-order valence-corrected chi connectivity index (χ0v) is 18.8. The van der Waals surface area contributed by atoms with Crippen LogP contribution in [0.15, 0.2) is 64.3 Å². The van der Waals surface area contributed by atoms with Crippen molar-refractivity contribution >= 4 is 16.9 Å². The molecule has 0 saturated carbocycles. The highest BCUT2D eigenvalue weighted by molar-refractivity contribution is 5.78. The maximum atomic E-state index is 13.0. The van der Waals surface area contributed by atoms with Crippen molar-refractivity contribution in [1.29, 1.82) is 0 Å². The van der Waals surface area contributed by atoms with Gasteiger partial charge in [-0.05, 0) is 24.5 Å². The number of amides is 1. The number of hydrogen-bond donors (Lipinski definition) is 1. The van der Waals surface area contributed by atoms with Crippen molar-refractivity contribution in [2.75, 3.05) is 0 Å². The molecule has 0 aliphatic rings. The van der Waals surface area contributed by atoms with Gasteiger partial charge in [0.15, 0.2) is 11.5 Å². The van der Waals surface area contributed by atoms with Gasteiger partial charge in [-0.15, -0.1) is 0 Å². The van der Waals surface area contributed by atoms with E-state index in [9.17, 15) is 14.4 Å². The van der Waals surface area contributed by atoms with Crippen LogP contribution in [0.1, 0.15) is 23.6 Å². The van der Waals surface area contributed by atoms with Gasteiger partial charge < -0.3 is 5.32 Å². The quantitative estimate of drug-likeness (QED) is 0.493. The Morgan fingerprint density at radius 1 is 1.00 bits per heavy atom. The van der Waals surface area contributed by atoms with Gasteiger partial charge in [-0.25, -0.2) is 14.8 Å². The van der Waals surface area contributed by atoms with Gasteiger partial charge in [0.2, 0.25) is 5.91 Å². The van der Waals surface area contributed by atoms with Crippen LogP contribution in [0.2, 0.25) is 0 Å². The van der Waals surface area contributed by atoms with Gasteiger partial charge in [0, 0.05) is 25.4 Å². The minimum Gasteiger partial charge on any atom is -0.350 e. The average molecular weight is 444 g/mol. The largest absolute Gasteiger partial charge is 0.350 e. The molecule has 33 heavy (non-hydrogen) atoms. The standard InChI is InChI=1S/C25H25N5O3/c1-4-17-7-9-18(10-8-17)13-26-21(31)15-30-24(32)20-14-27-22(19-11-5-16(2)6-12-19)28-23(20)29(3)25(30)33/h5-12,14H,4,13,15H2,1-3H3,(H,26,31). The van der Waals surface area contributed by atoms with Gasteiger partial charge in [-0.3, -0.25) is 18.7 Å². The molecule has 8 heteroatoms. The molecule has 0 bridgehead atoms. The van der Waals surface area contributed by atoms with E-state index in [0.717, 1.165) is 27.7 Å². The number of rotatable bonds is 6. The van der Waals surface area contributed by atoms with Crippen molar-refractivity contribution < 1.29 is 4.79 Å². The Morgan fingerprint density at radius 2 is 1.67 bits per heavy atom. The lowest BCUT2D eigenvalue weighted by molar-refractivity contribution is -0.121. The maximum absolute atomic E-state index is 13.0. The molecular weight excluding hydrogens is 418 g/mol. The maximum Gasteiger partial charge on any atom is 0.332 e. The first-order valence-electron chi connectivity index (χ1n) is 10.8. The van der Waals surface area contributed by atoms with Gasteiger partial charge in [0.05, 0.1) is 0 Å². The third-order valence-corrected chi connectivity index (χ3v) is 5.61. The molecule has 0 radical (unpaired) electrons. The molecule has 0 saturated heterocycles. The number of nitrogens with zero attached hydrogens (tertiary/aromatic N) is 4. The number of fused-ring (bicyclic) bond motifs is 1. The van der Waals surface area contributed by atoms with Crippen LogP contribution >= 0.6 is 0 Å². The third kappa shape index (κ3) is 4.59. The number of carbonyl (C=O) groups excluding carboxylic acids is 1. The smallest absolute Gasteiger partial charge is 0.332 e. The zero-order chi connectivity index (χ0) is 23.5. The van der Waals surface area contributed by atoms with Crippen LogP contribution in [0.5, 0.6) is 0 Å². The summed E-state index contributed by atoms with van der Waals surface area (Å²) in [5.74, 6) is -0.00760. The Hall–Kier alpha value is -4.07. The highest BCUT2D eigenvalue weighted by Gasteiger charge is 2.16. The molecule has 1 N–H and O–H groups in total. The Morgan fingerprint density at radius 3 is 2.33 bits per heavy atom. The van der Waals surface area contributed by atoms with Gasteiger partial charge >= 0.3 is 5.69 Å². The molecule has 0 unspecified atom stereocenters. The molecule has 2 aromatic carbocycles. The van der Waals surface area contributed by atoms with E-state index in [1.807, 2.05) is 55.5 Å². The predicted octanol–water partition coefficient (Wildman–Crippen LogP) is 2.34. The Bertz CT molecular complexity index is 1430. The van der Waals surface area contributed by atoms with Crippen LogP contribution in [0.3, 0.4) is 0 Å². The number of benzene rings is 2. The van der Waals surface area contributed by atoms with Crippen molar-refractivity contribution in [3.05, 3.63) is 92.3 Å². The molecule has 1 amide bonds. The van der Waals surface area contributed by atoms with E-state index >= 15 is 0 Å². The monoisotopic (exact) mass is 443 g/mol. The average Bonchev–Trinajstić information content (AvgIpc) is 2.84. The first-order valence-corrected chi connectivity index (χ1v) is 10.8. The summed E-state index contributed by atoms with van der Waals surface area (Å²) < 4.78 is 2.18. The summed E-state index contributed by atoms with van der Waals surface area (Å²) in [4.78, 5) is 47.1. The second kappa shape index (κ2) is 9.20. The molecule has 2 heterocycles. The summed E-state index contributed by atoms with van der Waals surface area (Å²) in [5.41, 5.74) is 3.06. The van der Waals surface area contributed by atoms with Crippen molar-refractivity contribution in [2.24, 2.45) is 7.05 Å².